The minimum absolute atomic E-state index is 0.153. The summed E-state index contributed by atoms with van der Waals surface area (Å²) in [6, 6.07) is -1.54. The molecule has 0 radical (unpaired) electrons. The van der Waals surface area contributed by atoms with E-state index in [1.54, 1.807) is 0 Å². The molecule has 11 nitrogen and oxygen atoms in total. The molecule has 0 aromatic carbocycles. The lowest BCUT2D eigenvalue weighted by Crippen LogP contribution is -2.43. The highest BCUT2D eigenvalue weighted by atomic mass is 31.2. The summed E-state index contributed by atoms with van der Waals surface area (Å²) >= 11 is 0. The van der Waals surface area contributed by atoms with Gasteiger partial charge >= 0.3 is 19.8 Å². The smallest absolute Gasteiger partial charge is 0.472 e. The number of esters is 1. The second-order valence-electron chi connectivity index (χ2n) is 17.4. The fourth-order valence-electron chi connectivity index (χ4n) is 7.50. The molecular weight excluding hydrogens is 781 g/mol. The fourth-order valence-corrected chi connectivity index (χ4v) is 8.27. The van der Waals surface area contributed by atoms with Crippen molar-refractivity contribution < 1.29 is 47.8 Å². The normalized spacial score (nSPS) is 13.5. The molecule has 1 amide bonds. The van der Waals surface area contributed by atoms with Gasteiger partial charge in [0.15, 0.2) is 6.04 Å². The predicted molar refractivity (Wildman–Crippen MR) is 245 cm³/mol. The second-order valence-corrected chi connectivity index (χ2v) is 18.8. The van der Waals surface area contributed by atoms with Crippen molar-refractivity contribution in [2.75, 3.05) is 19.8 Å². The van der Waals surface area contributed by atoms with E-state index >= 15 is 0 Å². The molecule has 356 valence electrons. The summed E-state index contributed by atoms with van der Waals surface area (Å²) < 4.78 is 26.9. The summed E-state index contributed by atoms with van der Waals surface area (Å²) in [5.74, 6) is -2.35. The van der Waals surface area contributed by atoms with Gasteiger partial charge in [-0.25, -0.2) is 9.36 Å². The largest absolute Gasteiger partial charge is 0.480 e. The van der Waals surface area contributed by atoms with Crippen molar-refractivity contribution in [2.24, 2.45) is 0 Å². The third kappa shape index (κ3) is 43.1. The van der Waals surface area contributed by atoms with Gasteiger partial charge in [-0.05, 0) is 12.8 Å². The third-order valence-electron chi connectivity index (χ3n) is 11.4. The van der Waals surface area contributed by atoms with Gasteiger partial charge < -0.3 is 25.2 Å². The monoisotopic (exact) mass is 876 g/mol. The molecule has 3 atom stereocenters. The first-order valence-corrected chi connectivity index (χ1v) is 26.6. The first-order chi connectivity index (χ1) is 29.1. The van der Waals surface area contributed by atoms with Crippen LogP contribution in [0.2, 0.25) is 0 Å². The van der Waals surface area contributed by atoms with Gasteiger partial charge in [-0.2, -0.15) is 0 Å². The zero-order valence-corrected chi connectivity index (χ0v) is 39.7. The number of rotatable bonds is 48. The van der Waals surface area contributed by atoms with Crippen molar-refractivity contribution in [1.29, 1.82) is 0 Å². The summed E-state index contributed by atoms with van der Waals surface area (Å²) in [5.41, 5.74) is 0. The van der Waals surface area contributed by atoms with E-state index in [1.807, 2.05) is 0 Å². The van der Waals surface area contributed by atoms with Crippen molar-refractivity contribution in [3.8, 4) is 0 Å². The van der Waals surface area contributed by atoms with Crippen LogP contribution < -0.4 is 5.32 Å². The van der Waals surface area contributed by atoms with E-state index in [2.05, 4.69) is 19.2 Å². The van der Waals surface area contributed by atoms with E-state index in [0.29, 0.717) is 12.8 Å². The predicted octanol–water partition coefficient (Wildman–Crippen LogP) is 13.5. The molecule has 0 aromatic heterocycles. The molecule has 0 saturated carbocycles. The van der Waals surface area contributed by atoms with Crippen LogP contribution in [0.15, 0.2) is 0 Å². The Bertz CT molecular complexity index is 1030. The molecule has 12 heteroatoms. The topological polar surface area (TPSA) is 169 Å². The van der Waals surface area contributed by atoms with Crippen LogP contribution >= 0.6 is 7.82 Å². The molecule has 0 fully saturated rings. The van der Waals surface area contributed by atoms with Crippen molar-refractivity contribution in [1.82, 2.24) is 5.32 Å². The highest BCUT2D eigenvalue weighted by Crippen LogP contribution is 2.43. The van der Waals surface area contributed by atoms with Crippen LogP contribution in [0.1, 0.15) is 258 Å². The Kier molecular flexibility index (Phi) is 43.0. The molecule has 0 spiro atoms. The standard InChI is InChI=1S/C48H94NO10P/c1-3-5-7-9-11-13-15-17-18-19-20-21-22-23-24-25-26-27-28-29-31-33-35-37-39-46(51)49-45(48(53)54)43-59-60(55,56)58-42-44(50)41-57-47(52)40-38-36-34-32-30-16-14-12-10-8-6-4-2/h44-45,50H,3-43H2,1-2H3,(H,49,51)(H,53,54)(H,55,56). The third-order valence-corrected chi connectivity index (χ3v) is 12.3. The average Bonchev–Trinajstić information content (AvgIpc) is 3.22. The number of amides is 1. The Balaban J connectivity index is 3.76. The van der Waals surface area contributed by atoms with Crippen LogP contribution in [0, 0.1) is 0 Å². The minimum Gasteiger partial charge on any atom is -0.480 e. The number of carbonyl (C=O) groups excluding carboxylic acids is 2. The number of ether oxygens (including phenoxy) is 1. The molecule has 0 heterocycles. The van der Waals surface area contributed by atoms with Gasteiger partial charge in [0.1, 0.15) is 12.7 Å². The number of phosphoric ester groups is 1. The number of carboxylic acid groups (broad SMARTS) is 1. The molecule has 0 bridgehead atoms. The molecule has 0 aromatic rings. The summed E-state index contributed by atoms with van der Waals surface area (Å²) in [5, 5.41) is 21.9. The zero-order valence-electron chi connectivity index (χ0n) is 38.8. The maximum Gasteiger partial charge on any atom is 0.472 e. The van der Waals surface area contributed by atoms with E-state index in [0.717, 1.165) is 38.5 Å². The van der Waals surface area contributed by atoms with Gasteiger partial charge in [-0.15, -0.1) is 0 Å². The van der Waals surface area contributed by atoms with Gasteiger partial charge in [0.2, 0.25) is 5.91 Å². The van der Waals surface area contributed by atoms with Crippen LogP contribution in [-0.2, 0) is 32.7 Å². The molecule has 0 aliphatic rings. The summed E-state index contributed by atoms with van der Waals surface area (Å²) in [6.45, 7) is 2.63. The molecule has 0 aliphatic carbocycles. The number of phosphoric acid groups is 1. The number of aliphatic hydroxyl groups is 1. The lowest BCUT2D eigenvalue weighted by atomic mass is 10.0. The van der Waals surface area contributed by atoms with Crippen molar-refractivity contribution >= 4 is 25.7 Å². The van der Waals surface area contributed by atoms with E-state index in [4.69, 9.17) is 13.8 Å². The molecule has 0 aliphatic heterocycles. The van der Waals surface area contributed by atoms with Crippen LogP contribution in [0.4, 0.5) is 0 Å². The summed E-state index contributed by atoms with van der Waals surface area (Å²) in [4.78, 5) is 46.0. The second kappa shape index (κ2) is 44.1. The van der Waals surface area contributed by atoms with E-state index in [9.17, 15) is 34.1 Å². The Morgan fingerprint density at radius 2 is 0.767 bits per heavy atom. The van der Waals surface area contributed by atoms with Gasteiger partial charge in [0.05, 0.1) is 13.2 Å². The van der Waals surface area contributed by atoms with Gasteiger partial charge in [-0.3, -0.25) is 18.6 Å². The van der Waals surface area contributed by atoms with Gasteiger partial charge in [0.25, 0.3) is 0 Å². The Morgan fingerprint density at radius 1 is 0.467 bits per heavy atom. The lowest BCUT2D eigenvalue weighted by molar-refractivity contribution is -0.147. The number of carboxylic acids is 1. The number of aliphatic carboxylic acids is 1. The van der Waals surface area contributed by atoms with Crippen molar-refractivity contribution in [3.05, 3.63) is 0 Å². The lowest BCUT2D eigenvalue weighted by Gasteiger charge is -2.18. The number of hydrogen-bond acceptors (Lipinski definition) is 8. The van der Waals surface area contributed by atoms with Crippen LogP contribution in [-0.4, -0.2) is 64.9 Å². The zero-order chi connectivity index (χ0) is 44.2. The maximum absolute atomic E-state index is 12.4. The average molecular weight is 876 g/mol. The Hall–Kier alpha value is -1.52. The Morgan fingerprint density at radius 3 is 1.10 bits per heavy atom. The highest BCUT2D eigenvalue weighted by molar-refractivity contribution is 7.47. The number of hydrogen-bond donors (Lipinski definition) is 4. The van der Waals surface area contributed by atoms with Gasteiger partial charge in [-0.1, -0.05) is 232 Å². The first kappa shape index (κ1) is 58.5. The number of unbranched alkanes of at least 4 members (excludes halogenated alkanes) is 34. The first-order valence-electron chi connectivity index (χ1n) is 25.1. The summed E-state index contributed by atoms with van der Waals surface area (Å²) in [6.07, 6.45) is 44.2. The highest BCUT2D eigenvalue weighted by Gasteiger charge is 2.28. The van der Waals surface area contributed by atoms with Crippen molar-refractivity contribution in [3.63, 3.8) is 0 Å². The van der Waals surface area contributed by atoms with Crippen LogP contribution in [0.5, 0.6) is 0 Å². The number of carbonyl (C=O) groups is 3. The van der Waals surface area contributed by atoms with Gasteiger partial charge in [0, 0.05) is 12.8 Å². The minimum atomic E-state index is -4.75. The molecule has 60 heavy (non-hydrogen) atoms. The van der Waals surface area contributed by atoms with Crippen molar-refractivity contribution in [2.45, 2.75) is 270 Å². The van der Waals surface area contributed by atoms with E-state index < -0.39 is 57.6 Å². The van der Waals surface area contributed by atoms with Crippen LogP contribution in [0.25, 0.3) is 0 Å². The quantitative estimate of drug-likeness (QED) is 0.0262. The molecule has 0 rings (SSSR count). The maximum atomic E-state index is 12.4. The molecule has 3 unspecified atom stereocenters. The summed E-state index contributed by atoms with van der Waals surface area (Å²) in [7, 11) is -4.75. The fraction of sp³-hybridized carbons (Fsp3) is 0.938. The SMILES string of the molecule is CCCCCCCCCCCCCCCCCCCCCCCCCCC(=O)NC(COP(=O)(O)OCC(O)COC(=O)CCCCCCCCCCCCCC)C(=O)O. The molecule has 4 N–H and O–H groups in total. The molecule has 0 saturated heterocycles. The Labute approximate surface area is 367 Å². The van der Waals surface area contributed by atoms with E-state index in [-0.39, 0.29) is 12.8 Å². The number of nitrogens with one attached hydrogen (secondary N) is 1. The van der Waals surface area contributed by atoms with E-state index in [1.165, 1.54) is 180 Å². The van der Waals surface area contributed by atoms with Crippen LogP contribution in [0.3, 0.4) is 0 Å². The molecular formula is C48H94NO10P. The number of aliphatic hydroxyl groups excluding tert-OH is 1.